The standard InChI is InChI=1S/C20H19N7O2.K/c1-4-21-13-5-6-15(17(9-13)29-3)27-16-10-18(24-11-14(16)12(2)26-27)25-19-20(28)23-8-7-22-19;/h6-11,21H,1,4H2,2-3H3,(H,23,28)(H,22,24,25);/q-2;+1. The zero-order valence-electron chi connectivity index (χ0n) is 17.0. The largest absolute Gasteiger partial charge is 1.00 e. The number of methoxy groups -OCH3 is 1. The van der Waals surface area contributed by atoms with Crippen LogP contribution < -0.4 is 72.3 Å². The number of rotatable bonds is 6. The van der Waals surface area contributed by atoms with Crippen LogP contribution >= 0.6 is 0 Å². The third kappa shape index (κ3) is 4.42. The van der Waals surface area contributed by atoms with E-state index in [2.05, 4.69) is 43.7 Å². The van der Waals surface area contributed by atoms with Gasteiger partial charge >= 0.3 is 51.4 Å². The summed E-state index contributed by atoms with van der Waals surface area (Å²) in [5.74, 6) is 1.27. The minimum absolute atomic E-state index is 0. The fraction of sp³-hybridized carbons (Fsp3) is 0.150. The second-order valence-corrected chi connectivity index (χ2v) is 6.20. The Morgan fingerprint density at radius 3 is 2.90 bits per heavy atom. The number of anilines is 3. The van der Waals surface area contributed by atoms with E-state index in [4.69, 9.17) is 4.74 Å². The van der Waals surface area contributed by atoms with E-state index in [1.54, 1.807) is 24.1 Å². The van der Waals surface area contributed by atoms with Crippen molar-refractivity contribution >= 4 is 28.2 Å². The molecule has 0 fully saturated rings. The van der Waals surface area contributed by atoms with E-state index >= 15 is 0 Å². The van der Waals surface area contributed by atoms with Crippen LogP contribution in [0.25, 0.3) is 16.6 Å². The van der Waals surface area contributed by atoms with Crippen molar-refractivity contribution in [2.75, 3.05) is 24.3 Å². The Labute approximate surface area is 215 Å². The van der Waals surface area contributed by atoms with Crippen molar-refractivity contribution in [1.29, 1.82) is 0 Å². The SMILES string of the molecule is [CH2-]CNc1[c-]cc(-n2nc(C)c3cnc(Nc4ncc[nH]c4=O)cc32)c(OC)c1.[K+]. The second-order valence-electron chi connectivity index (χ2n) is 6.20. The van der Waals surface area contributed by atoms with Crippen molar-refractivity contribution in [3.8, 4) is 11.4 Å². The molecule has 4 aromatic rings. The molecule has 0 bridgehead atoms. The van der Waals surface area contributed by atoms with Crippen molar-refractivity contribution in [1.82, 2.24) is 24.7 Å². The molecule has 0 atom stereocenters. The molecule has 0 aliphatic carbocycles. The zero-order chi connectivity index (χ0) is 20.4. The Kier molecular flexibility index (Phi) is 7.26. The smallest absolute Gasteiger partial charge is 0.520 e. The van der Waals surface area contributed by atoms with Gasteiger partial charge < -0.3 is 27.3 Å². The Morgan fingerprint density at radius 1 is 1.33 bits per heavy atom. The van der Waals surface area contributed by atoms with Gasteiger partial charge in [-0.1, -0.05) is 5.69 Å². The van der Waals surface area contributed by atoms with E-state index in [9.17, 15) is 4.79 Å². The first kappa shape index (κ1) is 22.4. The van der Waals surface area contributed by atoms with Crippen LogP contribution in [0.2, 0.25) is 0 Å². The molecule has 0 unspecified atom stereocenters. The molecular weight excluding hydrogens is 409 g/mol. The van der Waals surface area contributed by atoms with Crippen LogP contribution in [-0.2, 0) is 0 Å². The van der Waals surface area contributed by atoms with E-state index in [1.165, 1.54) is 12.4 Å². The first-order valence-corrected chi connectivity index (χ1v) is 8.90. The summed E-state index contributed by atoms with van der Waals surface area (Å²) < 4.78 is 7.33. The number of aromatic nitrogens is 5. The van der Waals surface area contributed by atoms with E-state index in [-0.39, 0.29) is 62.8 Å². The first-order valence-electron chi connectivity index (χ1n) is 8.90. The Balaban J connectivity index is 0.00000256. The van der Waals surface area contributed by atoms with Gasteiger partial charge in [0.15, 0.2) is 5.82 Å². The number of nitrogens with zero attached hydrogens (tertiary/aromatic N) is 4. The predicted molar refractivity (Wildman–Crippen MR) is 111 cm³/mol. The minimum Gasteiger partial charge on any atom is -0.520 e. The molecule has 148 valence electrons. The molecular formula is C20H19KN7O2-. The van der Waals surface area contributed by atoms with Crippen molar-refractivity contribution in [2.24, 2.45) is 0 Å². The maximum atomic E-state index is 11.9. The second kappa shape index (κ2) is 9.71. The zero-order valence-corrected chi connectivity index (χ0v) is 20.1. The Morgan fingerprint density at radius 2 is 2.17 bits per heavy atom. The van der Waals surface area contributed by atoms with Gasteiger partial charge in [0.05, 0.1) is 18.3 Å². The number of hydrogen-bond acceptors (Lipinski definition) is 7. The van der Waals surface area contributed by atoms with Crippen LogP contribution in [0, 0.1) is 19.9 Å². The van der Waals surface area contributed by atoms with Crippen LogP contribution in [0.4, 0.5) is 17.3 Å². The average Bonchev–Trinajstić information content (AvgIpc) is 3.05. The fourth-order valence-corrected chi connectivity index (χ4v) is 3.00. The van der Waals surface area contributed by atoms with Crippen molar-refractivity contribution in [2.45, 2.75) is 6.92 Å². The van der Waals surface area contributed by atoms with Crippen molar-refractivity contribution in [3.05, 3.63) is 65.8 Å². The molecule has 0 spiro atoms. The third-order valence-corrected chi connectivity index (χ3v) is 4.36. The summed E-state index contributed by atoms with van der Waals surface area (Å²) in [6.45, 7) is 6.23. The number of ether oxygens (including phenoxy) is 1. The summed E-state index contributed by atoms with van der Waals surface area (Å²) in [6, 6.07) is 8.63. The molecule has 0 aliphatic heterocycles. The summed E-state index contributed by atoms with van der Waals surface area (Å²) in [4.78, 5) is 22.9. The first-order chi connectivity index (χ1) is 14.1. The normalized spacial score (nSPS) is 10.5. The summed E-state index contributed by atoms with van der Waals surface area (Å²) in [5, 5.41) is 11.6. The van der Waals surface area contributed by atoms with Crippen LogP contribution in [0.1, 0.15) is 5.69 Å². The molecule has 9 nitrogen and oxygen atoms in total. The summed E-state index contributed by atoms with van der Waals surface area (Å²) in [5.41, 5.74) is 2.80. The number of nitrogens with one attached hydrogen (secondary N) is 3. The van der Waals surface area contributed by atoms with Gasteiger partial charge in [0.2, 0.25) is 0 Å². The van der Waals surface area contributed by atoms with Gasteiger partial charge in [-0.05, 0) is 12.6 Å². The van der Waals surface area contributed by atoms with Gasteiger partial charge in [0, 0.05) is 35.8 Å². The molecule has 3 aromatic heterocycles. The average molecular weight is 429 g/mol. The van der Waals surface area contributed by atoms with Gasteiger partial charge in [-0.2, -0.15) is 11.2 Å². The van der Waals surface area contributed by atoms with Crippen LogP contribution in [0.15, 0.2) is 41.6 Å². The maximum absolute atomic E-state index is 11.9. The van der Waals surface area contributed by atoms with Crippen LogP contribution in [-0.4, -0.2) is 38.4 Å². The van der Waals surface area contributed by atoms with Crippen molar-refractivity contribution < 1.29 is 56.1 Å². The molecule has 0 saturated heterocycles. The van der Waals surface area contributed by atoms with Crippen LogP contribution in [0.5, 0.6) is 5.75 Å². The van der Waals surface area contributed by atoms with Gasteiger partial charge in [-0.25, -0.2) is 9.97 Å². The quantitative estimate of drug-likeness (QED) is 0.284. The number of benzene rings is 1. The van der Waals surface area contributed by atoms with Crippen LogP contribution in [0.3, 0.4) is 0 Å². The van der Waals surface area contributed by atoms with Gasteiger partial charge in [-0.3, -0.25) is 9.48 Å². The summed E-state index contributed by atoms with van der Waals surface area (Å²) >= 11 is 0. The Hall–Kier alpha value is -2.24. The minimum atomic E-state index is -0.330. The molecule has 0 radical (unpaired) electrons. The van der Waals surface area contributed by atoms with E-state index in [1.807, 2.05) is 19.1 Å². The van der Waals surface area contributed by atoms with Gasteiger partial charge in [0.1, 0.15) is 5.82 Å². The van der Waals surface area contributed by atoms with Gasteiger partial charge in [-0.15, -0.1) is 18.7 Å². The fourth-order valence-electron chi connectivity index (χ4n) is 3.00. The number of H-pyrrole nitrogens is 1. The van der Waals surface area contributed by atoms with E-state index in [0.717, 1.165) is 28.0 Å². The molecule has 1 aromatic carbocycles. The van der Waals surface area contributed by atoms with Crippen molar-refractivity contribution in [3.63, 3.8) is 0 Å². The Bertz CT molecular complexity index is 1240. The number of aryl methyl sites for hydroxylation is 1. The molecule has 10 heteroatoms. The monoisotopic (exact) mass is 428 g/mol. The summed E-state index contributed by atoms with van der Waals surface area (Å²) in [6.07, 6.45) is 4.68. The third-order valence-electron chi connectivity index (χ3n) is 4.36. The summed E-state index contributed by atoms with van der Waals surface area (Å²) in [7, 11) is 1.60. The maximum Gasteiger partial charge on any atom is 1.00 e. The molecule has 3 heterocycles. The number of fused-ring (bicyclic) bond motifs is 1. The molecule has 0 saturated carbocycles. The molecule has 4 rings (SSSR count). The van der Waals surface area contributed by atoms with E-state index < -0.39 is 0 Å². The predicted octanol–water partition coefficient (Wildman–Crippen LogP) is -0.385. The molecule has 3 N–H and O–H groups in total. The molecule has 0 amide bonds. The topological polar surface area (TPSA) is 110 Å². The number of aromatic amines is 1. The number of pyridine rings is 1. The van der Waals surface area contributed by atoms with E-state index in [0.29, 0.717) is 18.1 Å². The molecule has 0 aliphatic rings. The number of hydrogen-bond donors (Lipinski definition) is 3. The van der Waals surface area contributed by atoms with Gasteiger partial charge in [0.25, 0.3) is 5.56 Å². The molecule has 30 heavy (non-hydrogen) atoms.